The summed E-state index contributed by atoms with van der Waals surface area (Å²) in [4.78, 5) is 12.2. The number of carbonyl (C=O) groups is 1. The average Bonchev–Trinajstić information content (AvgIpc) is 2.97. The van der Waals surface area contributed by atoms with Crippen molar-refractivity contribution in [1.29, 1.82) is 0 Å². The number of anilines is 1. The van der Waals surface area contributed by atoms with Gasteiger partial charge in [-0.05, 0) is 42.5 Å². The smallest absolute Gasteiger partial charge is 0.277 e. The van der Waals surface area contributed by atoms with E-state index in [4.69, 9.17) is 39.3 Å². The van der Waals surface area contributed by atoms with Gasteiger partial charge < -0.3 is 9.84 Å². The zero-order valence-corrected chi connectivity index (χ0v) is 13.8. The molecular formula is C16H9Cl3N2O2. The first-order valence-electron chi connectivity index (χ1n) is 6.51. The van der Waals surface area contributed by atoms with Gasteiger partial charge in [0.2, 0.25) is 0 Å². The second-order valence-electron chi connectivity index (χ2n) is 4.70. The zero-order valence-electron chi connectivity index (χ0n) is 11.5. The van der Waals surface area contributed by atoms with Crippen LogP contribution in [0.25, 0.3) is 11.3 Å². The van der Waals surface area contributed by atoms with Crippen molar-refractivity contribution in [2.45, 2.75) is 0 Å². The number of halogens is 3. The largest absolute Gasteiger partial charge is 0.355 e. The summed E-state index contributed by atoms with van der Waals surface area (Å²) >= 11 is 17.6. The number of amides is 1. The molecule has 3 aromatic rings. The van der Waals surface area contributed by atoms with Crippen LogP contribution in [0.15, 0.2) is 53.1 Å². The minimum Gasteiger partial charge on any atom is -0.355 e. The Kier molecular flexibility index (Phi) is 4.57. The second-order valence-corrected chi connectivity index (χ2v) is 6.00. The van der Waals surface area contributed by atoms with Gasteiger partial charge in [0.05, 0.1) is 0 Å². The first-order valence-corrected chi connectivity index (χ1v) is 7.65. The maximum Gasteiger partial charge on any atom is 0.277 e. The predicted molar refractivity (Wildman–Crippen MR) is 91.4 cm³/mol. The molecule has 3 rings (SSSR count). The summed E-state index contributed by atoms with van der Waals surface area (Å²) in [6.07, 6.45) is 0. The second kappa shape index (κ2) is 6.62. The minimum absolute atomic E-state index is 0.144. The highest BCUT2D eigenvalue weighted by molar-refractivity contribution is 6.35. The highest BCUT2D eigenvalue weighted by Gasteiger charge is 2.14. The van der Waals surface area contributed by atoms with Gasteiger partial charge in [0, 0.05) is 32.4 Å². The highest BCUT2D eigenvalue weighted by atomic mass is 35.5. The summed E-state index contributed by atoms with van der Waals surface area (Å²) in [5.41, 5.74) is 1.39. The number of aromatic nitrogens is 1. The van der Waals surface area contributed by atoms with Crippen molar-refractivity contribution in [3.8, 4) is 11.3 Å². The molecule has 0 bridgehead atoms. The molecule has 0 aliphatic carbocycles. The number of nitrogens with zero attached hydrogens (tertiary/aromatic N) is 1. The summed E-state index contributed by atoms with van der Waals surface area (Å²) in [5.74, 6) is 0.0447. The van der Waals surface area contributed by atoms with Crippen molar-refractivity contribution >= 4 is 46.4 Å². The number of hydrogen-bond acceptors (Lipinski definition) is 3. The summed E-state index contributed by atoms with van der Waals surface area (Å²) in [7, 11) is 0. The molecule has 1 N–H and O–H groups in total. The standard InChI is InChI=1S/C16H9Cl3N2O2/c17-10-3-1-9(2-4-10)15-8-14(21-23-15)16(22)20-13-6-11(18)5-12(19)7-13/h1-8H,(H,20,22). The zero-order chi connectivity index (χ0) is 16.4. The molecule has 1 amide bonds. The van der Waals surface area contributed by atoms with Gasteiger partial charge in [0.25, 0.3) is 5.91 Å². The van der Waals surface area contributed by atoms with E-state index in [0.717, 1.165) is 5.56 Å². The fraction of sp³-hybridized carbons (Fsp3) is 0. The van der Waals surface area contributed by atoms with Crippen LogP contribution in [0, 0.1) is 0 Å². The quantitative estimate of drug-likeness (QED) is 0.660. The lowest BCUT2D eigenvalue weighted by Gasteiger charge is -2.03. The Balaban J connectivity index is 1.79. The molecule has 0 atom stereocenters. The summed E-state index contributed by atoms with van der Waals surface area (Å²) < 4.78 is 5.19. The Hall–Kier alpha value is -2.01. The predicted octanol–water partition coefficient (Wildman–Crippen LogP) is 5.55. The summed E-state index contributed by atoms with van der Waals surface area (Å²) in [6.45, 7) is 0. The van der Waals surface area contributed by atoms with Gasteiger partial charge in [-0.3, -0.25) is 4.79 Å². The molecule has 0 radical (unpaired) electrons. The lowest BCUT2D eigenvalue weighted by molar-refractivity contribution is 0.101. The van der Waals surface area contributed by atoms with Crippen LogP contribution in [0.1, 0.15) is 10.5 Å². The molecule has 7 heteroatoms. The van der Waals surface area contributed by atoms with E-state index in [2.05, 4.69) is 10.5 Å². The Bertz CT molecular complexity index is 840. The van der Waals surface area contributed by atoms with E-state index >= 15 is 0 Å². The normalized spacial score (nSPS) is 10.6. The molecule has 23 heavy (non-hydrogen) atoms. The van der Waals surface area contributed by atoms with Gasteiger partial charge in [-0.2, -0.15) is 0 Å². The molecule has 4 nitrogen and oxygen atoms in total. The Labute approximate surface area is 146 Å². The Morgan fingerprint density at radius 2 is 1.57 bits per heavy atom. The monoisotopic (exact) mass is 366 g/mol. The first kappa shape index (κ1) is 15.9. The van der Waals surface area contributed by atoms with E-state index in [0.29, 0.717) is 26.5 Å². The van der Waals surface area contributed by atoms with Gasteiger partial charge in [-0.15, -0.1) is 0 Å². The molecule has 0 saturated carbocycles. The first-order chi connectivity index (χ1) is 11.0. The highest BCUT2D eigenvalue weighted by Crippen LogP contribution is 2.25. The van der Waals surface area contributed by atoms with Crippen LogP contribution in [0.5, 0.6) is 0 Å². The van der Waals surface area contributed by atoms with Crippen molar-refractivity contribution < 1.29 is 9.32 Å². The van der Waals surface area contributed by atoms with Gasteiger partial charge >= 0.3 is 0 Å². The summed E-state index contributed by atoms with van der Waals surface area (Å²) in [6, 6.07) is 13.3. The molecule has 1 heterocycles. The van der Waals surface area contributed by atoms with Gasteiger partial charge in [0.1, 0.15) is 0 Å². The third-order valence-electron chi connectivity index (χ3n) is 2.99. The number of carbonyl (C=O) groups excluding carboxylic acids is 1. The fourth-order valence-corrected chi connectivity index (χ4v) is 2.61. The lowest BCUT2D eigenvalue weighted by atomic mass is 10.1. The van der Waals surface area contributed by atoms with E-state index in [1.165, 1.54) is 0 Å². The maximum atomic E-state index is 12.2. The molecule has 0 spiro atoms. The average molecular weight is 368 g/mol. The maximum absolute atomic E-state index is 12.2. The molecule has 0 saturated heterocycles. The molecule has 2 aromatic carbocycles. The number of nitrogens with one attached hydrogen (secondary N) is 1. The van der Waals surface area contributed by atoms with Gasteiger partial charge in [-0.25, -0.2) is 0 Å². The fourth-order valence-electron chi connectivity index (χ4n) is 1.95. The van der Waals surface area contributed by atoms with Crippen molar-refractivity contribution in [2.75, 3.05) is 5.32 Å². The van der Waals surface area contributed by atoms with Crippen LogP contribution in [-0.2, 0) is 0 Å². The molecule has 0 fully saturated rings. The van der Waals surface area contributed by atoms with E-state index < -0.39 is 5.91 Å². The third-order valence-corrected chi connectivity index (χ3v) is 3.68. The van der Waals surface area contributed by atoms with Crippen LogP contribution in [0.3, 0.4) is 0 Å². The molecular weight excluding hydrogens is 359 g/mol. The van der Waals surface area contributed by atoms with Crippen LogP contribution >= 0.6 is 34.8 Å². The van der Waals surface area contributed by atoms with Crippen LogP contribution in [0.4, 0.5) is 5.69 Å². The van der Waals surface area contributed by atoms with Crippen molar-refractivity contribution in [2.24, 2.45) is 0 Å². The van der Waals surface area contributed by atoms with Crippen LogP contribution in [-0.4, -0.2) is 11.1 Å². The topological polar surface area (TPSA) is 55.1 Å². The van der Waals surface area contributed by atoms with Crippen molar-refractivity contribution in [1.82, 2.24) is 5.16 Å². The number of hydrogen-bond donors (Lipinski definition) is 1. The molecule has 116 valence electrons. The Morgan fingerprint density at radius 1 is 0.913 bits per heavy atom. The SMILES string of the molecule is O=C(Nc1cc(Cl)cc(Cl)c1)c1cc(-c2ccc(Cl)cc2)on1. The molecule has 0 unspecified atom stereocenters. The molecule has 0 aliphatic heterocycles. The van der Waals surface area contributed by atoms with Crippen LogP contribution < -0.4 is 5.32 Å². The van der Waals surface area contributed by atoms with Crippen molar-refractivity contribution in [3.05, 3.63) is 69.3 Å². The van der Waals surface area contributed by atoms with E-state index in [1.807, 2.05) is 0 Å². The molecule has 1 aromatic heterocycles. The third kappa shape index (κ3) is 3.85. The van der Waals surface area contributed by atoms with E-state index in [9.17, 15) is 4.79 Å². The number of benzene rings is 2. The minimum atomic E-state index is -0.424. The van der Waals surface area contributed by atoms with E-state index in [1.54, 1.807) is 48.5 Å². The van der Waals surface area contributed by atoms with Crippen LogP contribution in [0.2, 0.25) is 15.1 Å². The number of rotatable bonds is 3. The van der Waals surface area contributed by atoms with Gasteiger partial charge in [0.15, 0.2) is 11.5 Å². The summed E-state index contributed by atoms with van der Waals surface area (Å²) in [5, 5.41) is 7.90. The van der Waals surface area contributed by atoms with Gasteiger partial charge in [-0.1, -0.05) is 40.0 Å². The van der Waals surface area contributed by atoms with E-state index in [-0.39, 0.29) is 5.69 Å². The Morgan fingerprint density at radius 3 is 2.22 bits per heavy atom. The lowest BCUT2D eigenvalue weighted by Crippen LogP contribution is -2.12. The van der Waals surface area contributed by atoms with Crippen molar-refractivity contribution in [3.63, 3.8) is 0 Å². The molecule has 0 aliphatic rings.